The van der Waals surface area contributed by atoms with Crippen molar-refractivity contribution < 1.29 is 28.5 Å². The van der Waals surface area contributed by atoms with Crippen molar-refractivity contribution in [2.24, 2.45) is 5.92 Å². The van der Waals surface area contributed by atoms with Crippen LogP contribution < -0.4 is 14.2 Å². The van der Waals surface area contributed by atoms with Gasteiger partial charge < -0.3 is 23.7 Å². The third-order valence-corrected chi connectivity index (χ3v) is 6.50. The largest absolute Gasteiger partial charge is 0.493 e. The molecule has 42 heavy (non-hydrogen) atoms. The minimum absolute atomic E-state index is 0.111. The second-order valence-electron chi connectivity index (χ2n) is 10.4. The fraction of sp³-hybridized carbons (Fsp3) is 0.200. The molecular formula is C35H33NO6. The molecule has 0 aliphatic carbocycles. The molecule has 0 unspecified atom stereocenters. The minimum Gasteiger partial charge on any atom is -0.493 e. The van der Waals surface area contributed by atoms with Crippen molar-refractivity contribution in [1.29, 1.82) is 0 Å². The van der Waals surface area contributed by atoms with E-state index in [0.29, 0.717) is 41.4 Å². The van der Waals surface area contributed by atoms with Crippen LogP contribution in [0.2, 0.25) is 0 Å². The van der Waals surface area contributed by atoms with Crippen molar-refractivity contribution >= 4 is 5.97 Å². The van der Waals surface area contributed by atoms with Gasteiger partial charge in [0.15, 0.2) is 19.0 Å². The smallest absolute Gasteiger partial charge is 0.341 e. The molecule has 0 aliphatic heterocycles. The summed E-state index contributed by atoms with van der Waals surface area (Å²) in [6.45, 7) is 6.42. The molecule has 0 spiro atoms. The summed E-state index contributed by atoms with van der Waals surface area (Å²) in [7, 11) is 0. The first-order valence-electron chi connectivity index (χ1n) is 13.8. The van der Waals surface area contributed by atoms with E-state index in [0.717, 1.165) is 33.6 Å². The number of aliphatic carboxylic acids is 1. The van der Waals surface area contributed by atoms with Crippen LogP contribution in [0.1, 0.15) is 25.3 Å². The highest BCUT2D eigenvalue weighted by Gasteiger charge is 2.18. The van der Waals surface area contributed by atoms with Crippen molar-refractivity contribution in [3.8, 4) is 51.0 Å². The number of benzene rings is 4. The summed E-state index contributed by atoms with van der Waals surface area (Å²) in [5, 5.41) is 8.87. The highest BCUT2D eigenvalue weighted by Crippen LogP contribution is 2.35. The van der Waals surface area contributed by atoms with Crippen molar-refractivity contribution in [2.75, 3.05) is 13.2 Å². The second-order valence-corrected chi connectivity index (χ2v) is 10.4. The minimum atomic E-state index is -1.03. The first-order valence-corrected chi connectivity index (χ1v) is 13.8. The predicted octanol–water partition coefficient (Wildman–Crippen LogP) is 8.06. The Morgan fingerprint density at radius 2 is 1.43 bits per heavy atom. The van der Waals surface area contributed by atoms with Gasteiger partial charge in [0, 0.05) is 11.1 Å². The highest BCUT2D eigenvalue weighted by molar-refractivity contribution is 5.78. The summed E-state index contributed by atoms with van der Waals surface area (Å²) in [4.78, 5) is 15.6. The molecular weight excluding hydrogens is 530 g/mol. The molecule has 5 rings (SSSR count). The summed E-state index contributed by atoms with van der Waals surface area (Å²) in [5.41, 5.74) is 5.54. The number of aryl methyl sites for hydroxylation is 1. The predicted molar refractivity (Wildman–Crippen MR) is 162 cm³/mol. The number of hydrogen-bond donors (Lipinski definition) is 1. The maximum atomic E-state index is 10.8. The second kappa shape index (κ2) is 13.1. The number of hydrogen-bond acceptors (Lipinski definition) is 6. The Bertz CT molecular complexity index is 1620. The van der Waals surface area contributed by atoms with Gasteiger partial charge in [-0.25, -0.2) is 9.78 Å². The SMILES string of the molecule is Cc1cc(OCc2nc(-c3ccc(OCC(C)C)cc3)c(-c3ccc(-c4ccccc4)cc3)o2)ccc1OCC(=O)O. The molecule has 214 valence electrons. The van der Waals surface area contributed by atoms with Crippen LogP contribution in [0.25, 0.3) is 33.7 Å². The summed E-state index contributed by atoms with van der Waals surface area (Å²) in [6.07, 6.45) is 0. The van der Waals surface area contributed by atoms with Crippen molar-refractivity contribution in [2.45, 2.75) is 27.4 Å². The number of ether oxygens (including phenoxy) is 3. The standard InChI is InChI=1S/C35H33NO6/c1-23(2)20-39-29-15-13-27(14-16-29)34-35(28-11-9-26(10-12-28)25-7-5-4-6-8-25)42-32(36-34)21-40-30-17-18-31(24(3)19-30)41-22-33(37)38/h4-19,23H,20-22H2,1-3H3,(H,37,38). The Hall–Kier alpha value is -5.04. The van der Waals surface area contributed by atoms with Gasteiger partial charge in [-0.2, -0.15) is 0 Å². The first kappa shape index (κ1) is 28.5. The van der Waals surface area contributed by atoms with Crippen LogP contribution in [0.3, 0.4) is 0 Å². The van der Waals surface area contributed by atoms with Crippen LogP contribution in [0.15, 0.2) is 101 Å². The van der Waals surface area contributed by atoms with Gasteiger partial charge in [0.1, 0.15) is 22.9 Å². The lowest BCUT2D eigenvalue weighted by atomic mass is 10.0. The van der Waals surface area contributed by atoms with Crippen LogP contribution in [-0.2, 0) is 11.4 Å². The zero-order valence-corrected chi connectivity index (χ0v) is 23.9. The summed E-state index contributed by atoms with van der Waals surface area (Å²) in [5.74, 6) is 2.37. The maximum absolute atomic E-state index is 10.8. The number of carbonyl (C=O) groups is 1. The van der Waals surface area contributed by atoms with Crippen molar-refractivity contribution in [3.63, 3.8) is 0 Å². The number of oxazole rings is 1. The number of rotatable bonds is 12. The van der Waals surface area contributed by atoms with Gasteiger partial charge in [0.05, 0.1) is 6.61 Å². The number of carboxylic acids is 1. The van der Waals surface area contributed by atoms with Crippen LogP contribution in [0, 0.1) is 12.8 Å². The van der Waals surface area contributed by atoms with Gasteiger partial charge in [0.25, 0.3) is 0 Å². The molecule has 7 nitrogen and oxygen atoms in total. The van der Waals surface area contributed by atoms with Gasteiger partial charge in [-0.15, -0.1) is 0 Å². The Kier molecular flexibility index (Phi) is 8.87. The zero-order chi connectivity index (χ0) is 29.5. The van der Waals surface area contributed by atoms with E-state index < -0.39 is 12.6 Å². The molecule has 0 atom stereocenters. The molecule has 0 aliphatic rings. The average molecular weight is 564 g/mol. The third-order valence-electron chi connectivity index (χ3n) is 6.50. The lowest BCUT2D eigenvalue weighted by Crippen LogP contribution is -2.10. The Morgan fingerprint density at radius 1 is 0.786 bits per heavy atom. The van der Waals surface area contributed by atoms with Crippen LogP contribution >= 0.6 is 0 Å². The van der Waals surface area contributed by atoms with Gasteiger partial charge in [-0.3, -0.25) is 0 Å². The molecule has 1 heterocycles. The zero-order valence-electron chi connectivity index (χ0n) is 23.9. The molecule has 0 bridgehead atoms. The molecule has 4 aromatic carbocycles. The third kappa shape index (κ3) is 7.18. The lowest BCUT2D eigenvalue weighted by molar-refractivity contribution is -0.139. The molecule has 0 saturated heterocycles. The van der Waals surface area contributed by atoms with E-state index in [-0.39, 0.29) is 6.61 Å². The average Bonchev–Trinajstić information content (AvgIpc) is 3.43. The highest BCUT2D eigenvalue weighted by atomic mass is 16.5. The number of carboxylic acid groups (broad SMARTS) is 1. The maximum Gasteiger partial charge on any atom is 0.341 e. The number of aromatic nitrogens is 1. The van der Waals surface area contributed by atoms with Crippen molar-refractivity contribution in [3.05, 3.63) is 109 Å². The monoisotopic (exact) mass is 563 g/mol. The Labute approximate surface area is 245 Å². The molecule has 0 fully saturated rings. The van der Waals surface area contributed by atoms with Gasteiger partial charge in [0.2, 0.25) is 5.89 Å². The van der Waals surface area contributed by atoms with Crippen LogP contribution in [0.5, 0.6) is 17.2 Å². The van der Waals surface area contributed by atoms with E-state index in [1.165, 1.54) is 0 Å². The van der Waals surface area contributed by atoms with Gasteiger partial charge >= 0.3 is 5.97 Å². The van der Waals surface area contributed by atoms with E-state index in [1.807, 2.05) is 61.5 Å². The summed E-state index contributed by atoms with van der Waals surface area (Å²) in [6, 6.07) is 31.5. The van der Waals surface area contributed by atoms with Crippen LogP contribution in [-0.4, -0.2) is 29.3 Å². The quantitative estimate of drug-likeness (QED) is 0.164. The fourth-order valence-electron chi connectivity index (χ4n) is 4.39. The Balaban J connectivity index is 1.40. The van der Waals surface area contributed by atoms with E-state index in [9.17, 15) is 4.79 Å². The van der Waals surface area contributed by atoms with Crippen molar-refractivity contribution in [1.82, 2.24) is 4.98 Å². The number of nitrogens with zero attached hydrogens (tertiary/aromatic N) is 1. The van der Waals surface area contributed by atoms with E-state index in [1.54, 1.807) is 18.2 Å². The molecule has 0 radical (unpaired) electrons. The molecule has 0 saturated carbocycles. The Morgan fingerprint density at radius 3 is 2.10 bits per heavy atom. The molecule has 5 aromatic rings. The van der Waals surface area contributed by atoms with Gasteiger partial charge in [-0.05, 0) is 72.0 Å². The normalized spacial score (nSPS) is 11.0. The van der Waals surface area contributed by atoms with Gasteiger partial charge in [-0.1, -0.05) is 68.4 Å². The van der Waals surface area contributed by atoms with E-state index in [4.69, 9.17) is 28.7 Å². The summed E-state index contributed by atoms with van der Waals surface area (Å²) >= 11 is 0. The van der Waals surface area contributed by atoms with Crippen LogP contribution in [0.4, 0.5) is 0 Å². The van der Waals surface area contributed by atoms with E-state index >= 15 is 0 Å². The first-order chi connectivity index (χ1) is 20.4. The summed E-state index contributed by atoms with van der Waals surface area (Å²) < 4.78 is 23.5. The fourth-order valence-corrected chi connectivity index (χ4v) is 4.39. The lowest BCUT2D eigenvalue weighted by Gasteiger charge is -2.09. The topological polar surface area (TPSA) is 91.0 Å². The molecule has 7 heteroatoms. The van der Waals surface area contributed by atoms with E-state index in [2.05, 4.69) is 38.1 Å². The molecule has 1 N–H and O–H groups in total. The molecule has 0 amide bonds. The molecule has 1 aromatic heterocycles.